The van der Waals surface area contributed by atoms with Crippen molar-refractivity contribution in [2.75, 3.05) is 55.6 Å². The molecule has 3 saturated heterocycles. The Morgan fingerprint density at radius 1 is 1.18 bits per heavy atom. The van der Waals surface area contributed by atoms with Gasteiger partial charge in [-0.3, -0.25) is 14.7 Å². The highest BCUT2D eigenvalue weighted by molar-refractivity contribution is 5.95. The second-order valence-electron chi connectivity index (χ2n) is 12.0. The van der Waals surface area contributed by atoms with E-state index >= 15 is 0 Å². The van der Waals surface area contributed by atoms with Crippen LogP contribution in [0.1, 0.15) is 30.7 Å². The molecule has 0 aliphatic carbocycles. The first-order chi connectivity index (χ1) is 18.7. The summed E-state index contributed by atoms with van der Waals surface area (Å²) in [6, 6.07) is 11.5. The van der Waals surface area contributed by atoms with Crippen LogP contribution in [-0.2, 0) is 21.7 Å². The van der Waals surface area contributed by atoms with Crippen LogP contribution in [0.5, 0.6) is 0 Å². The van der Waals surface area contributed by atoms with Crippen LogP contribution in [0.15, 0.2) is 41.3 Å². The molecule has 4 aliphatic heterocycles. The molecule has 2 unspecified atom stereocenters. The van der Waals surface area contributed by atoms with Gasteiger partial charge in [0.15, 0.2) is 0 Å². The van der Waals surface area contributed by atoms with Gasteiger partial charge in [-0.1, -0.05) is 0 Å². The number of likely N-dealkylation sites (tertiary alicyclic amines) is 1. The van der Waals surface area contributed by atoms with Crippen molar-refractivity contribution in [3.63, 3.8) is 0 Å². The van der Waals surface area contributed by atoms with Crippen LogP contribution in [-0.4, -0.2) is 78.4 Å². The van der Waals surface area contributed by atoms with Crippen LogP contribution in [0.25, 0.3) is 10.9 Å². The van der Waals surface area contributed by atoms with Gasteiger partial charge in [-0.05, 0) is 38.1 Å². The van der Waals surface area contributed by atoms with Gasteiger partial charge in [-0.2, -0.15) is 5.26 Å². The summed E-state index contributed by atoms with van der Waals surface area (Å²) in [5, 5.41) is 10.4. The monoisotopic (exact) mass is 527 g/mol. The fourth-order valence-corrected chi connectivity index (χ4v) is 6.77. The lowest BCUT2D eigenvalue weighted by molar-refractivity contribution is -0.157. The normalized spacial score (nSPS) is 25.3. The topological polar surface area (TPSA) is 124 Å². The number of benzene rings is 1. The number of hydrogen-bond acceptors (Lipinski definition) is 9. The predicted octanol–water partition coefficient (Wildman–Crippen LogP) is 1.67. The van der Waals surface area contributed by atoms with Gasteiger partial charge in [0.2, 0.25) is 5.56 Å². The molecule has 6 heterocycles. The average Bonchev–Trinajstić information content (AvgIpc) is 3.25. The van der Waals surface area contributed by atoms with Crippen molar-refractivity contribution >= 4 is 22.3 Å². The third kappa shape index (κ3) is 4.17. The third-order valence-electron chi connectivity index (χ3n) is 8.44. The summed E-state index contributed by atoms with van der Waals surface area (Å²) in [4.78, 5) is 26.6. The van der Waals surface area contributed by atoms with Gasteiger partial charge in [0.1, 0.15) is 11.7 Å². The lowest BCUT2D eigenvalue weighted by atomic mass is 9.88. The van der Waals surface area contributed by atoms with E-state index in [2.05, 4.69) is 45.7 Å². The molecule has 2 atom stereocenters. The smallest absolute Gasteiger partial charge is 0.248 e. The van der Waals surface area contributed by atoms with Crippen molar-refractivity contribution in [2.24, 2.45) is 5.73 Å². The van der Waals surface area contributed by atoms with E-state index in [1.807, 2.05) is 18.3 Å². The van der Waals surface area contributed by atoms with E-state index in [-0.39, 0.29) is 28.9 Å². The number of fused-ring (bicyclic) bond motifs is 3. The summed E-state index contributed by atoms with van der Waals surface area (Å²) in [7, 11) is 0. The van der Waals surface area contributed by atoms with Crippen molar-refractivity contribution in [2.45, 2.75) is 43.8 Å². The second-order valence-corrected chi connectivity index (χ2v) is 12.0. The molecule has 0 radical (unpaired) electrons. The van der Waals surface area contributed by atoms with Crippen LogP contribution in [0, 0.1) is 11.3 Å². The first kappa shape index (κ1) is 24.5. The van der Waals surface area contributed by atoms with E-state index in [1.165, 1.54) is 11.6 Å². The average molecular weight is 528 g/mol. The number of morpholine rings is 1. The minimum atomic E-state index is -0.333. The van der Waals surface area contributed by atoms with Crippen LogP contribution in [0.3, 0.4) is 0 Å². The number of anilines is 2. The highest BCUT2D eigenvalue weighted by Gasteiger charge is 2.52. The van der Waals surface area contributed by atoms with Crippen molar-refractivity contribution in [1.29, 1.82) is 5.26 Å². The maximum atomic E-state index is 11.9. The lowest BCUT2D eigenvalue weighted by Gasteiger charge is -2.49. The molecule has 3 aromatic rings. The number of rotatable bonds is 4. The molecule has 10 nitrogen and oxygen atoms in total. The quantitative estimate of drug-likeness (QED) is 0.521. The summed E-state index contributed by atoms with van der Waals surface area (Å²) < 4.78 is 12.7. The van der Waals surface area contributed by atoms with E-state index in [0.717, 1.165) is 68.3 Å². The predicted molar refractivity (Wildman–Crippen MR) is 148 cm³/mol. The summed E-state index contributed by atoms with van der Waals surface area (Å²) in [6.07, 6.45) is 2.03. The second kappa shape index (κ2) is 8.76. The molecule has 3 N–H and O–H groups in total. The zero-order valence-electron chi connectivity index (χ0n) is 22.3. The minimum absolute atomic E-state index is 0.0211. The number of aromatic amines is 1. The van der Waals surface area contributed by atoms with Gasteiger partial charge in [-0.25, -0.2) is 0 Å². The molecule has 0 bridgehead atoms. The Labute approximate surface area is 226 Å². The van der Waals surface area contributed by atoms with Crippen molar-refractivity contribution in [3.8, 4) is 6.07 Å². The van der Waals surface area contributed by atoms with E-state index in [0.29, 0.717) is 17.7 Å². The molecular weight excluding hydrogens is 494 g/mol. The van der Waals surface area contributed by atoms with E-state index in [1.54, 1.807) is 6.07 Å². The number of nitrogens with zero attached hydrogens (tertiary/aromatic N) is 5. The molecule has 1 spiro atoms. The molecule has 39 heavy (non-hydrogen) atoms. The Bertz CT molecular complexity index is 1550. The van der Waals surface area contributed by atoms with Crippen LogP contribution in [0.2, 0.25) is 0 Å². The molecular formula is C29H33N7O3. The zero-order valence-corrected chi connectivity index (χ0v) is 22.3. The summed E-state index contributed by atoms with van der Waals surface area (Å²) in [6.45, 7) is 10.3. The highest BCUT2D eigenvalue weighted by atomic mass is 16.5. The first-order valence-electron chi connectivity index (χ1n) is 13.6. The lowest BCUT2D eigenvalue weighted by Crippen LogP contribution is -2.65. The number of ether oxygens (including phenoxy) is 2. The number of nitrogens with two attached hydrogens (primary N) is 1. The SMILES string of the molecule is CC1CN(c2ccc(C#N)c3[nH]c(=O)ccc23)CC(CN2CC3(C2)OCc2cc(N4CC(C)(N)C4)cnc23)O1. The van der Waals surface area contributed by atoms with Crippen molar-refractivity contribution in [3.05, 3.63) is 63.7 Å². The molecule has 2 aromatic heterocycles. The largest absolute Gasteiger partial charge is 0.370 e. The fourth-order valence-electron chi connectivity index (χ4n) is 6.77. The van der Waals surface area contributed by atoms with Crippen LogP contribution >= 0.6 is 0 Å². The molecule has 4 aliphatic rings. The van der Waals surface area contributed by atoms with Crippen LogP contribution in [0.4, 0.5) is 11.4 Å². The number of H-pyrrole nitrogens is 1. The van der Waals surface area contributed by atoms with Crippen molar-refractivity contribution in [1.82, 2.24) is 14.9 Å². The van der Waals surface area contributed by atoms with E-state index < -0.39 is 0 Å². The Morgan fingerprint density at radius 2 is 2.00 bits per heavy atom. The summed E-state index contributed by atoms with van der Waals surface area (Å²) >= 11 is 0. The maximum Gasteiger partial charge on any atom is 0.248 e. The van der Waals surface area contributed by atoms with Crippen LogP contribution < -0.4 is 21.1 Å². The Hall–Kier alpha value is -3.49. The summed E-state index contributed by atoms with van der Waals surface area (Å²) in [5.41, 5.74) is 11.0. The molecule has 0 amide bonds. The fraction of sp³-hybridized carbons (Fsp3) is 0.483. The van der Waals surface area contributed by atoms with E-state index in [4.69, 9.17) is 20.2 Å². The number of aromatic nitrogens is 2. The molecule has 7 rings (SSSR count). The van der Waals surface area contributed by atoms with Gasteiger partial charge >= 0.3 is 0 Å². The van der Waals surface area contributed by atoms with Gasteiger partial charge in [0.05, 0.1) is 47.5 Å². The van der Waals surface area contributed by atoms with Crippen molar-refractivity contribution < 1.29 is 9.47 Å². The Balaban J connectivity index is 1.04. The molecule has 0 saturated carbocycles. The van der Waals surface area contributed by atoms with Gasteiger partial charge < -0.3 is 30.0 Å². The number of pyridine rings is 2. The number of nitrogens with one attached hydrogen (secondary N) is 1. The van der Waals surface area contributed by atoms with Gasteiger partial charge in [-0.15, -0.1) is 0 Å². The Morgan fingerprint density at radius 3 is 2.77 bits per heavy atom. The standard InChI is InChI=1S/C29H33N7O3/c1-18-10-35(24-5-3-19(8-30)26-23(24)4-6-25(37)33-26)12-22(39-18)11-34-16-29(17-34)27-20(13-38-29)7-21(9-32-27)36-14-28(2,31)15-36/h3-7,9,18,22H,10-17,31H2,1-2H3,(H,33,37). The number of nitriles is 1. The van der Waals surface area contributed by atoms with Gasteiger partial charge in [0.25, 0.3) is 0 Å². The molecule has 10 heteroatoms. The Kier molecular flexibility index (Phi) is 5.51. The number of hydrogen-bond donors (Lipinski definition) is 2. The molecule has 1 aromatic carbocycles. The van der Waals surface area contributed by atoms with Gasteiger partial charge in [0, 0.05) is 74.1 Å². The summed E-state index contributed by atoms with van der Waals surface area (Å²) in [5.74, 6) is 0. The minimum Gasteiger partial charge on any atom is -0.370 e. The highest BCUT2D eigenvalue weighted by Crippen LogP contribution is 2.44. The third-order valence-corrected chi connectivity index (χ3v) is 8.44. The zero-order chi connectivity index (χ0) is 26.9. The first-order valence-corrected chi connectivity index (χ1v) is 13.6. The molecule has 202 valence electrons. The van der Waals surface area contributed by atoms with E-state index in [9.17, 15) is 10.1 Å². The maximum absolute atomic E-state index is 11.9. The molecule has 3 fully saturated rings.